The first-order valence-corrected chi connectivity index (χ1v) is 7.50. The van der Waals surface area contributed by atoms with Crippen molar-refractivity contribution in [3.63, 3.8) is 0 Å². The van der Waals surface area contributed by atoms with Gasteiger partial charge in [0, 0.05) is 17.9 Å². The highest BCUT2D eigenvalue weighted by molar-refractivity contribution is 6.00. The second-order valence-electron chi connectivity index (χ2n) is 5.31. The lowest BCUT2D eigenvalue weighted by Crippen LogP contribution is -2.34. The number of hydrogen-bond acceptors (Lipinski definition) is 4. The van der Waals surface area contributed by atoms with Gasteiger partial charge in [0.2, 0.25) is 5.91 Å². The summed E-state index contributed by atoms with van der Waals surface area (Å²) in [5.41, 5.74) is 3.18. The summed E-state index contributed by atoms with van der Waals surface area (Å²) in [7, 11) is 1.34. The van der Waals surface area contributed by atoms with Crippen LogP contribution in [0, 0.1) is 0 Å². The van der Waals surface area contributed by atoms with E-state index in [0.717, 1.165) is 12.1 Å². The van der Waals surface area contributed by atoms with E-state index >= 15 is 0 Å². The van der Waals surface area contributed by atoms with Crippen molar-refractivity contribution in [3.05, 3.63) is 59.7 Å². The van der Waals surface area contributed by atoms with Crippen molar-refractivity contribution in [3.8, 4) is 0 Å². The van der Waals surface area contributed by atoms with Crippen LogP contribution in [0.5, 0.6) is 0 Å². The van der Waals surface area contributed by atoms with Gasteiger partial charge in [-0.1, -0.05) is 30.3 Å². The molecule has 0 aliphatic carbocycles. The summed E-state index contributed by atoms with van der Waals surface area (Å²) < 4.78 is 4.76. The Morgan fingerprint density at radius 3 is 2.70 bits per heavy atom. The van der Waals surface area contributed by atoms with Crippen LogP contribution in [0.2, 0.25) is 0 Å². The number of nitrogens with one attached hydrogen (secondary N) is 1. The van der Waals surface area contributed by atoms with E-state index < -0.39 is 5.97 Å². The first-order chi connectivity index (χ1) is 11.2. The Kier molecular flexibility index (Phi) is 4.28. The molecule has 23 heavy (non-hydrogen) atoms. The van der Waals surface area contributed by atoms with Gasteiger partial charge in [0.05, 0.1) is 19.2 Å². The van der Waals surface area contributed by atoms with E-state index in [-0.39, 0.29) is 12.5 Å². The van der Waals surface area contributed by atoms with Crippen molar-refractivity contribution in [1.29, 1.82) is 0 Å². The zero-order valence-electron chi connectivity index (χ0n) is 12.9. The van der Waals surface area contributed by atoms with Gasteiger partial charge < -0.3 is 15.0 Å². The molecule has 0 bridgehead atoms. The van der Waals surface area contributed by atoms with Gasteiger partial charge in [0.15, 0.2) is 0 Å². The zero-order chi connectivity index (χ0) is 16.2. The summed E-state index contributed by atoms with van der Waals surface area (Å²) in [6.07, 6.45) is 0.876. The first-order valence-electron chi connectivity index (χ1n) is 7.50. The molecule has 1 aliphatic heterocycles. The van der Waals surface area contributed by atoms with Crippen LogP contribution in [0.4, 0.5) is 11.4 Å². The number of methoxy groups -OCH3 is 1. The number of benzene rings is 2. The number of ether oxygens (including phenoxy) is 1. The summed E-state index contributed by atoms with van der Waals surface area (Å²) in [6, 6.07) is 14.9. The second kappa shape index (κ2) is 6.52. The number of carbonyl (C=O) groups is 2. The van der Waals surface area contributed by atoms with Crippen molar-refractivity contribution < 1.29 is 14.3 Å². The average Bonchev–Trinajstić information content (AvgIpc) is 3.03. The number of esters is 1. The molecule has 0 saturated heterocycles. The molecule has 0 saturated carbocycles. The number of fused-ring (bicyclic) bond motifs is 1. The van der Waals surface area contributed by atoms with Crippen LogP contribution in [0.1, 0.15) is 15.9 Å². The number of rotatable bonds is 4. The Morgan fingerprint density at radius 1 is 1.13 bits per heavy atom. The molecule has 118 valence electrons. The third kappa shape index (κ3) is 3.04. The Bertz CT molecular complexity index is 743. The minimum absolute atomic E-state index is 0.0189. The summed E-state index contributed by atoms with van der Waals surface area (Å²) >= 11 is 0. The number of nitrogens with zero attached hydrogens (tertiary/aromatic N) is 1. The Hall–Kier alpha value is -2.82. The van der Waals surface area contributed by atoms with Gasteiger partial charge in [0.25, 0.3) is 0 Å². The molecule has 1 N–H and O–H groups in total. The summed E-state index contributed by atoms with van der Waals surface area (Å²) in [6.45, 7) is 0.820. The molecule has 1 aliphatic rings. The standard InChI is InChI=1S/C18H18N2O3/c1-23-18(22)14-7-3-4-8-15(14)19-12-17(21)20-11-10-13-6-2-5-9-16(13)20/h2-9,19H,10-12H2,1H3. The molecule has 3 rings (SSSR count). The minimum atomic E-state index is -0.424. The monoisotopic (exact) mass is 310 g/mol. The van der Waals surface area contributed by atoms with E-state index in [1.807, 2.05) is 30.3 Å². The van der Waals surface area contributed by atoms with Crippen molar-refractivity contribution in [1.82, 2.24) is 0 Å². The van der Waals surface area contributed by atoms with Gasteiger partial charge in [-0.25, -0.2) is 4.79 Å². The van der Waals surface area contributed by atoms with Crippen LogP contribution in [-0.4, -0.2) is 32.1 Å². The molecule has 0 aromatic heterocycles. The normalized spacial score (nSPS) is 12.7. The molecule has 2 aromatic rings. The molecule has 0 radical (unpaired) electrons. The van der Waals surface area contributed by atoms with Crippen LogP contribution < -0.4 is 10.2 Å². The number of anilines is 2. The third-order valence-corrected chi connectivity index (χ3v) is 3.95. The summed E-state index contributed by atoms with van der Waals surface area (Å²) in [5.74, 6) is -0.443. The summed E-state index contributed by atoms with van der Waals surface area (Å²) in [5, 5.41) is 3.04. The predicted molar refractivity (Wildman–Crippen MR) is 88.8 cm³/mol. The molecular weight excluding hydrogens is 292 g/mol. The lowest BCUT2D eigenvalue weighted by atomic mass is 10.1. The fraction of sp³-hybridized carbons (Fsp3) is 0.222. The van der Waals surface area contributed by atoms with Gasteiger partial charge >= 0.3 is 5.97 Å². The lowest BCUT2D eigenvalue weighted by molar-refractivity contribution is -0.116. The maximum absolute atomic E-state index is 12.5. The second-order valence-corrected chi connectivity index (χ2v) is 5.31. The van der Waals surface area contributed by atoms with Gasteiger partial charge in [-0.05, 0) is 30.2 Å². The molecule has 5 heteroatoms. The van der Waals surface area contributed by atoms with E-state index in [0.29, 0.717) is 17.8 Å². The number of hydrogen-bond donors (Lipinski definition) is 1. The highest BCUT2D eigenvalue weighted by Crippen LogP contribution is 2.27. The number of para-hydroxylation sites is 2. The van der Waals surface area contributed by atoms with Crippen molar-refractivity contribution in [2.24, 2.45) is 0 Å². The van der Waals surface area contributed by atoms with Gasteiger partial charge in [-0.3, -0.25) is 4.79 Å². The largest absolute Gasteiger partial charge is 0.465 e. The van der Waals surface area contributed by atoms with Gasteiger partial charge in [0.1, 0.15) is 0 Å². The maximum Gasteiger partial charge on any atom is 0.339 e. The molecular formula is C18H18N2O3. The minimum Gasteiger partial charge on any atom is -0.465 e. The maximum atomic E-state index is 12.5. The van der Waals surface area contributed by atoms with Crippen LogP contribution in [-0.2, 0) is 16.0 Å². The van der Waals surface area contributed by atoms with E-state index in [1.165, 1.54) is 12.7 Å². The van der Waals surface area contributed by atoms with Crippen LogP contribution >= 0.6 is 0 Å². The topological polar surface area (TPSA) is 58.6 Å². The Balaban J connectivity index is 1.70. The van der Waals surface area contributed by atoms with Gasteiger partial charge in [-0.15, -0.1) is 0 Å². The average molecular weight is 310 g/mol. The molecule has 1 amide bonds. The SMILES string of the molecule is COC(=O)c1ccccc1NCC(=O)N1CCc2ccccc21. The summed E-state index contributed by atoms with van der Waals surface area (Å²) in [4.78, 5) is 26.0. The third-order valence-electron chi connectivity index (χ3n) is 3.95. The van der Waals surface area contributed by atoms with E-state index in [4.69, 9.17) is 4.74 Å². The Morgan fingerprint density at radius 2 is 1.87 bits per heavy atom. The molecule has 0 unspecified atom stereocenters. The quantitative estimate of drug-likeness (QED) is 0.881. The smallest absolute Gasteiger partial charge is 0.339 e. The molecule has 0 fully saturated rings. The zero-order valence-corrected chi connectivity index (χ0v) is 12.9. The van der Waals surface area contributed by atoms with Crippen molar-refractivity contribution >= 4 is 23.3 Å². The molecule has 0 atom stereocenters. The van der Waals surface area contributed by atoms with Crippen LogP contribution in [0.15, 0.2) is 48.5 Å². The predicted octanol–water partition coefficient (Wildman–Crippen LogP) is 2.47. The Labute approximate surface area is 134 Å². The van der Waals surface area contributed by atoms with Gasteiger partial charge in [-0.2, -0.15) is 0 Å². The lowest BCUT2D eigenvalue weighted by Gasteiger charge is -2.18. The molecule has 5 nitrogen and oxygen atoms in total. The fourth-order valence-corrected chi connectivity index (χ4v) is 2.79. The molecule has 2 aromatic carbocycles. The van der Waals surface area contributed by atoms with E-state index in [2.05, 4.69) is 5.32 Å². The fourth-order valence-electron chi connectivity index (χ4n) is 2.79. The first kappa shape index (κ1) is 15.1. The molecule has 0 spiro atoms. The number of carbonyl (C=O) groups excluding carboxylic acids is 2. The van der Waals surface area contributed by atoms with Crippen LogP contribution in [0.3, 0.4) is 0 Å². The highest BCUT2D eigenvalue weighted by Gasteiger charge is 2.24. The number of amides is 1. The van der Waals surface area contributed by atoms with E-state index in [9.17, 15) is 9.59 Å². The van der Waals surface area contributed by atoms with Crippen molar-refractivity contribution in [2.75, 3.05) is 30.4 Å². The molecule has 1 heterocycles. The highest BCUT2D eigenvalue weighted by atomic mass is 16.5. The van der Waals surface area contributed by atoms with Crippen LogP contribution in [0.25, 0.3) is 0 Å². The van der Waals surface area contributed by atoms with E-state index in [1.54, 1.807) is 23.1 Å². The van der Waals surface area contributed by atoms with Crippen molar-refractivity contribution in [2.45, 2.75) is 6.42 Å².